The summed E-state index contributed by atoms with van der Waals surface area (Å²) in [6.45, 7) is 1.77. The minimum Gasteiger partial charge on any atom is -0.336 e. The number of likely N-dealkylation sites (tertiary alicyclic amines) is 1. The molecule has 0 unspecified atom stereocenters. The van der Waals surface area contributed by atoms with Gasteiger partial charge in [-0.1, -0.05) is 24.3 Å². The molecule has 4 rings (SSSR count). The molecule has 2 aromatic heterocycles. The Labute approximate surface area is 138 Å². The third-order valence-corrected chi connectivity index (χ3v) is 4.34. The largest absolute Gasteiger partial charge is 0.336 e. The van der Waals surface area contributed by atoms with E-state index >= 15 is 0 Å². The van der Waals surface area contributed by atoms with Crippen molar-refractivity contribution in [2.24, 2.45) is 5.92 Å². The second-order valence-electron chi connectivity index (χ2n) is 6.00. The van der Waals surface area contributed by atoms with Crippen molar-refractivity contribution in [3.8, 4) is 0 Å². The van der Waals surface area contributed by atoms with E-state index < -0.39 is 0 Å². The summed E-state index contributed by atoms with van der Waals surface area (Å²) in [5.41, 5.74) is 0.375. The zero-order valence-corrected chi connectivity index (χ0v) is 13.0. The number of benzene rings is 1. The number of nitrogens with zero attached hydrogens (tertiary/aromatic N) is 4. The normalized spacial score (nSPS) is 14.6. The zero-order valence-electron chi connectivity index (χ0n) is 13.0. The van der Waals surface area contributed by atoms with Crippen LogP contribution in [0.3, 0.4) is 0 Å². The van der Waals surface area contributed by atoms with Crippen molar-refractivity contribution in [1.29, 1.82) is 0 Å². The molecule has 1 aromatic carbocycles. The molecule has 120 valence electrons. The first-order chi connectivity index (χ1) is 11.7. The van der Waals surface area contributed by atoms with Crippen molar-refractivity contribution < 1.29 is 4.79 Å². The second-order valence-corrected chi connectivity index (χ2v) is 6.00. The quantitative estimate of drug-likeness (QED) is 0.734. The smallest absolute Gasteiger partial charge is 0.273 e. The minimum absolute atomic E-state index is 0.0589. The lowest BCUT2D eigenvalue weighted by molar-refractivity contribution is 0.0454. The topological polar surface area (TPSA) is 68.1 Å². The van der Waals surface area contributed by atoms with Gasteiger partial charge >= 0.3 is 0 Å². The van der Waals surface area contributed by atoms with Crippen molar-refractivity contribution in [1.82, 2.24) is 19.7 Å². The highest BCUT2D eigenvalue weighted by Crippen LogP contribution is 2.23. The van der Waals surface area contributed by atoms with Crippen LogP contribution in [0.15, 0.2) is 59.7 Å². The summed E-state index contributed by atoms with van der Waals surface area (Å²) in [6, 6.07) is 12.8. The Hall–Kier alpha value is -3.02. The monoisotopic (exact) mass is 320 g/mol. The molecule has 0 radical (unpaired) electrons. The highest BCUT2D eigenvalue weighted by atomic mass is 16.2. The molecular formula is C18H16N4O2. The van der Waals surface area contributed by atoms with Crippen LogP contribution in [0.4, 0.5) is 0 Å². The number of amides is 1. The van der Waals surface area contributed by atoms with E-state index in [2.05, 4.69) is 10.1 Å². The number of pyridine rings is 1. The third-order valence-electron chi connectivity index (χ3n) is 4.34. The highest BCUT2D eigenvalue weighted by Gasteiger charge is 2.32. The Morgan fingerprint density at radius 3 is 2.75 bits per heavy atom. The molecule has 6 nitrogen and oxygen atoms in total. The number of aromatic nitrogens is 3. The lowest BCUT2D eigenvalue weighted by atomic mass is 9.99. The first-order valence-corrected chi connectivity index (χ1v) is 7.87. The number of carbonyl (C=O) groups is 1. The molecule has 0 N–H and O–H groups in total. The average Bonchev–Trinajstić information content (AvgIpc) is 2.58. The summed E-state index contributed by atoms with van der Waals surface area (Å²) in [7, 11) is 0. The zero-order chi connectivity index (χ0) is 16.5. The molecule has 1 saturated heterocycles. The van der Waals surface area contributed by atoms with E-state index in [0.29, 0.717) is 25.3 Å². The Morgan fingerprint density at radius 1 is 1.08 bits per heavy atom. The van der Waals surface area contributed by atoms with E-state index in [9.17, 15) is 9.59 Å². The molecule has 1 aliphatic heterocycles. The fraction of sp³-hybridized carbons (Fsp3) is 0.222. The van der Waals surface area contributed by atoms with Gasteiger partial charge in [0.15, 0.2) is 0 Å². The number of rotatable bonds is 3. The Balaban J connectivity index is 1.48. The van der Waals surface area contributed by atoms with Crippen molar-refractivity contribution in [3.63, 3.8) is 0 Å². The maximum absolute atomic E-state index is 12.7. The summed E-state index contributed by atoms with van der Waals surface area (Å²) in [5.74, 6) is 0.188. The molecule has 24 heavy (non-hydrogen) atoms. The molecule has 1 amide bonds. The van der Waals surface area contributed by atoms with Crippen LogP contribution in [0, 0.1) is 5.92 Å². The van der Waals surface area contributed by atoms with Crippen LogP contribution in [0.5, 0.6) is 0 Å². The van der Waals surface area contributed by atoms with Crippen LogP contribution in [0.25, 0.3) is 10.8 Å². The van der Waals surface area contributed by atoms with Gasteiger partial charge < -0.3 is 4.90 Å². The fourth-order valence-corrected chi connectivity index (χ4v) is 3.06. The maximum atomic E-state index is 12.7. The number of hydrogen-bond donors (Lipinski definition) is 0. The summed E-state index contributed by atoms with van der Waals surface area (Å²) in [5, 5.41) is 5.93. The molecule has 0 saturated carbocycles. The van der Waals surface area contributed by atoms with Crippen molar-refractivity contribution in [2.45, 2.75) is 6.54 Å². The number of fused-ring (bicyclic) bond motifs is 1. The van der Waals surface area contributed by atoms with Gasteiger partial charge in [-0.3, -0.25) is 14.6 Å². The van der Waals surface area contributed by atoms with E-state index in [0.717, 1.165) is 10.8 Å². The van der Waals surface area contributed by atoms with E-state index in [4.69, 9.17) is 0 Å². The molecular weight excluding hydrogens is 304 g/mol. The fourth-order valence-electron chi connectivity index (χ4n) is 3.06. The van der Waals surface area contributed by atoms with Crippen LogP contribution in [-0.4, -0.2) is 38.7 Å². The van der Waals surface area contributed by atoms with Crippen LogP contribution >= 0.6 is 0 Å². The summed E-state index contributed by atoms with van der Waals surface area (Å²) < 4.78 is 1.45. The van der Waals surface area contributed by atoms with Gasteiger partial charge in [0.1, 0.15) is 5.69 Å². The predicted molar refractivity (Wildman–Crippen MR) is 89.6 cm³/mol. The first-order valence-electron chi connectivity index (χ1n) is 7.87. The van der Waals surface area contributed by atoms with E-state index in [1.54, 1.807) is 23.4 Å². The van der Waals surface area contributed by atoms with Gasteiger partial charge in [-0.05, 0) is 17.5 Å². The molecule has 1 aliphatic rings. The average molecular weight is 320 g/mol. The van der Waals surface area contributed by atoms with Crippen LogP contribution in [0.2, 0.25) is 0 Å². The standard InChI is InChI=1S/C18H16N4O2/c23-16-6-3-8-20-22(16)12-13-10-21(11-13)18(24)17-15-5-2-1-4-14(15)7-9-19-17/h1-9,13H,10-12H2. The lowest BCUT2D eigenvalue weighted by Gasteiger charge is -2.39. The van der Waals surface area contributed by atoms with Gasteiger partial charge in [-0.25, -0.2) is 4.68 Å². The van der Waals surface area contributed by atoms with Gasteiger partial charge in [0.05, 0.1) is 6.54 Å². The number of carbonyl (C=O) groups excluding carboxylic acids is 1. The predicted octanol–water partition coefficient (Wildman–Crippen LogP) is 1.56. The van der Waals surface area contributed by atoms with Gasteiger partial charge in [0.25, 0.3) is 11.5 Å². The van der Waals surface area contributed by atoms with Crippen LogP contribution in [-0.2, 0) is 6.54 Å². The second kappa shape index (κ2) is 5.88. The lowest BCUT2D eigenvalue weighted by Crippen LogP contribution is -2.52. The molecule has 0 bridgehead atoms. The van der Waals surface area contributed by atoms with E-state index in [1.165, 1.54) is 10.7 Å². The van der Waals surface area contributed by atoms with Crippen molar-refractivity contribution in [2.75, 3.05) is 13.1 Å². The molecule has 0 spiro atoms. The molecule has 3 aromatic rings. The Kier molecular flexibility index (Phi) is 3.57. The summed E-state index contributed by atoms with van der Waals surface area (Å²) in [4.78, 5) is 30.4. The summed E-state index contributed by atoms with van der Waals surface area (Å²) in [6.07, 6.45) is 3.27. The maximum Gasteiger partial charge on any atom is 0.273 e. The van der Waals surface area contributed by atoms with E-state index in [-0.39, 0.29) is 17.4 Å². The van der Waals surface area contributed by atoms with Gasteiger partial charge in [0.2, 0.25) is 0 Å². The highest BCUT2D eigenvalue weighted by molar-refractivity contribution is 6.05. The molecule has 0 atom stereocenters. The first kappa shape index (κ1) is 14.6. The van der Waals surface area contributed by atoms with Gasteiger partial charge in [-0.15, -0.1) is 0 Å². The Bertz CT molecular complexity index is 955. The molecule has 0 aliphatic carbocycles. The molecule has 6 heteroatoms. The molecule has 1 fully saturated rings. The van der Waals surface area contributed by atoms with E-state index in [1.807, 2.05) is 30.3 Å². The van der Waals surface area contributed by atoms with Crippen LogP contribution < -0.4 is 5.56 Å². The third kappa shape index (κ3) is 2.56. The van der Waals surface area contributed by atoms with Gasteiger partial charge in [0, 0.05) is 42.9 Å². The molecule has 3 heterocycles. The van der Waals surface area contributed by atoms with Crippen molar-refractivity contribution >= 4 is 16.7 Å². The summed E-state index contributed by atoms with van der Waals surface area (Å²) >= 11 is 0. The van der Waals surface area contributed by atoms with Crippen molar-refractivity contribution in [3.05, 3.63) is 70.9 Å². The Morgan fingerprint density at radius 2 is 1.92 bits per heavy atom. The van der Waals surface area contributed by atoms with Gasteiger partial charge in [-0.2, -0.15) is 5.10 Å². The number of hydrogen-bond acceptors (Lipinski definition) is 4. The SMILES string of the molecule is O=C(c1nccc2ccccc12)N1CC(Cn2ncccc2=O)C1. The van der Waals surface area contributed by atoms with Crippen LogP contribution in [0.1, 0.15) is 10.5 Å². The minimum atomic E-state index is -0.113.